The Hall–Kier alpha value is -0.130. The molecule has 2 unspecified atom stereocenters. The van der Waals surface area contributed by atoms with Gasteiger partial charge in [0, 0.05) is 12.1 Å². The average Bonchev–Trinajstić information content (AvgIpc) is 2.02. The first-order valence-corrected chi connectivity index (χ1v) is 6.69. The first kappa shape index (κ1) is 11.9. The standard InChI is InChI=1S/C9H19NO3S/c1-4-5-14(11,12)10-8(2)6-13-7-9(10)3/h8-9H,4-7H2,1-3H3. The van der Waals surface area contributed by atoms with E-state index in [1.165, 1.54) is 0 Å². The van der Waals surface area contributed by atoms with Crippen molar-refractivity contribution in [3.8, 4) is 0 Å². The maximum Gasteiger partial charge on any atom is 0.214 e. The number of nitrogens with zero attached hydrogens (tertiary/aromatic N) is 1. The van der Waals surface area contributed by atoms with Crippen molar-refractivity contribution >= 4 is 10.0 Å². The third kappa shape index (κ3) is 2.46. The number of hydrogen-bond acceptors (Lipinski definition) is 3. The molecule has 1 aliphatic rings. The van der Waals surface area contributed by atoms with Crippen molar-refractivity contribution in [3.05, 3.63) is 0 Å². The van der Waals surface area contributed by atoms with E-state index in [1.807, 2.05) is 20.8 Å². The highest BCUT2D eigenvalue weighted by Crippen LogP contribution is 2.18. The van der Waals surface area contributed by atoms with Crippen LogP contribution in [0, 0.1) is 0 Å². The van der Waals surface area contributed by atoms with E-state index < -0.39 is 10.0 Å². The molecule has 0 bridgehead atoms. The van der Waals surface area contributed by atoms with Gasteiger partial charge in [0.15, 0.2) is 0 Å². The van der Waals surface area contributed by atoms with E-state index in [9.17, 15) is 8.42 Å². The van der Waals surface area contributed by atoms with E-state index in [1.54, 1.807) is 4.31 Å². The molecule has 1 heterocycles. The minimum atomic E-state index is -3.08. The fourth-order valence-corrected chi connectivity index (χ4v) is 3.85. The zero-order chi connectivity index (χ0) is 10.8. The van der Waals surface area contributed by atoms with E-state index in [2.05, 4.69) is 0 Å². The van der Waals surface area contributed by atoms with Gasteiger partial charge in [0.05, 0.1) is 19.0 Å². The van der Waals surface area contributed by atoms with E-state index in [0.29, 0.717) is 19.6 Å². The van der Waals surface area contributed by atoms with Gasteiger partial charge in [-0.15, -0.1) is 0 Å². The lowest BCUT2D eigenvalue weighted by atomic mass is 10.2. The van der Waals surface area contributed by atoms with E-state index in [-0.39, 0.29) is 17.8 Å². The van der Waals surface area contributed by atoms with Gasteiger partial charge >= 0.3 is 0 Å². The molecule has 0 radical (unpaired) electrons. The van der Waals surface area contributed by atoms with E-state index >= 15 is 0 Å². The molecule has 1 rings (SSSR count). The summed E-state index contributed by atoms with van der Waals surface area (Å²) < 4.78 is 30.6. The van der Waals surface area contributed by atoms with E-state index in [0.717, 1.165) is 0 Å². The lowest BCUT2D eigenvalue weighted by molar-refractivity contribution is 0.00639. The molecule has 2 atom stereocenters. The molecule has 1 aliphatic heterocycles. The molecule has 4 nitrogen and oxygen atoms in total. The lowest BCUT2D eigenvalue weighted by Gasteiger charge is -2.37. The minimum absolute atomic E-state index is 0.0321. The molecule has 14 heavy (non-hydrogen) atoms. The third-order valence-electron chi connectivity index (χ3n) is 2.37. The predicted octanol–water partition coefficient (Wildman–Crippen LogP) is 0.835. The molecular formula is C9H19NO3S. The van der Waals surface area contributed by atoms with Crippen LogP contribution in [0.2, 0.25) is 0 Å². The summed E-state index contributed by atoms with van der Waals surface area (Å²) >= 11 is 0. The van der Waals surface area contributed by atoms with Gasteiger partial charge < -0.3 is 4.74 Å². The molecular weight excluding hydrogens is 202 g/mol. The highest BCUT2D eigenvalue weighted by atomic mass is 32.2. The fourth-order valence-electron chi connectivity index (χ4n) is 1.90. The summed E-state index contributed by atoms with van der Waals surface area (Å²) in [6, 6.07) is -0.0643. The molecule has 0 aromatic heterocycles. The van der Waals surface area contributed by atoms with Crippen molar-refractivity contribution in [3.63, 3.8) is 0 Å². The predicted molar refractivity (Wildman–Crippen MR) is 55.7 cm³/mol. The van der Waals surface area contributed by atoms with Crippen LogP contribution in [-0.4, -0.2) is 43.8 Å². The summed E-state index contributed by atoms with van der Waals surface area (Å²) in [4.78, 5) is 0. The van der Waals surface area contributed by atoms with Crippen LogP contribution in [0.25, 0.3) is 0 Å². The summed E-state index contributed by atoms with van der Waals surface area (Å²) in [5.74, 6) is 0.238. The number of ether oxygens (including phenoxy) is 1. The molecule has 0 N–H and O–H groups in total. The van der Waals surface area contributed by atoms with Crippen LogP contribution in [0.15, 0.2) is 0 Å². The second kappa shape index (κ2) is 4.59. The maximum absolute atomic E-state index is 11.9. The van der Waals surface area contributed by atoms with E-state index in [4.69, 9.17) is 4.74 Å². The van der Waals surface area contributed by atoms with Crippen LogP contribution < -0.4 is 0 Å². The molecule has 1 fully saturated rings. The Labute approximate surface area is 86.3 Å². The van der Waals surface area contributed by atoms with Gasteiger partial charge in [-0.25, -0.2) is 8.42 Å². The van der Waals surface area contributed by atoms with Gasteiger partial charge in [0.25, 0.3) is 0 Å². The SMILES string of the molecule is CCCS(=O)(=O)N1C(C)COCC1C. The normalized spacial score (nSPS) is 30.5. The van der Waals surface area contributed by atoms with Crippen molar-refractivity contribution in [2.24, 2.45) is 0 Å². The van der Waals surface area contributed by atoms with Gasteiger partial charge in [-0.05, 0) is 20.3 Å². The molecule has 0 aromatic carbocycles. The summed E-state index contributed by atoms with van der Waals surface area (Å²) in [6.07, 6.45) is 0.666. The van der Waals surface area contributed by atoms with Crippen LogP contribution in [0.3, 0.4) is 0 Å². The highest BCUT2D eigenvalue weighted by molar-refractivity contribution is 7.89. The van der Waals surface area contributed by atoms with Crippen molar-refractivity contribution in [1.29, 1.82) is 0 Å². The second-order valence-corrected chi connectivity index (χ2v) is 5.88. The number of sulfonamides is 1. The minimum Gasteiger partial charge on any atom is -0.378 e. The second-order valence-electron chi connectivity index (χ2n) is 3.88. The Bertz CT molecular complexity index is 266. The summed E-state index contributed by atoms with van der Waals surface area (Å²) in [6.45, 7) is 6.68. The lowest BCUT2D eigenvalue weighted by Crippen LogP contribution is -2.52. The molecule has 0 aliphatic carbocycles. The summed E-state index contributed by atoms with van der Waals surface area (Å²) in [5.41, 5.74) is 0. The molecule has 0 spiro atoms. The maximum atomic E-state index is 11.9. The largest absolute Gasteiger partial charge is 0.378 e. The zero-order valence-electron chi connectivity index (χ0n) is 9.06. The monoisotopic (exact) mass is 221 g/mol. The molecule has 0 aromatic rings. The van der Waals surface area contributed by atoms with Crippen molar-refractivity contribution in [1.82, 2.24) is 4.31 Å². The van der Waals surface area contributed by atoms with Crippen LogP contribution in [0.5, 0.6) is 0 Å². The Balaban J connectivity index is 2.82. The van der Waals surface area contributed by atoms with Gasteiger partial charge in [-0.3, -0.25) is 0 Å². The number of rotatable bonds is 3. The average molecular weight is 221 g/mol. The Kier molecular flexibility index (Phi) is 3.92. The quantitative estimate of drug-likeness (QED) is 0.709. The van der Waals surface area contributed by atoms with Crippen LogP contribution in [-0.2, 0) is 14.8 Å². The third-order valence-corrected chi connectivity index (χ3v) is 4.66. The van der Waals surface area contributed by atoms with Gasteiger partial charge in [0.1, 0.15) is 0 Å². The number of hydrogen-bond donors (Lipinski definition) is 0. The highest BCUT2D eigenvalue weighted by Gasteiger charge is 2.34. The molecule has 0 saturated carbocycles. The number of morpholine rings is 1. The molecule has 5 heteroatoms. The first-order valence-electron chi connectivity index (χ1n) is 5.08. The Morgan fingerprint density at radius 2 is 1.79 bits per heavy atom. The van der Waals surface area contributed by atoms with Crippen LogP contribution in [0.4, 0.5) is 0 Å². The van der Waals surface area contributed by atoms with Crippen molar-refractivity contribution in [2.45, 2.75) is 39.3 Å². The molecule has 84 valence electrons. The van der Waals surface area contributed by atoms with Gasteiger partial charge in [-0.1, -0.05) is 6.92 Å². The van der Waals surface area contributed by atoms with Crippen LogP contribution in [0.1, 0.15) is 27.2 Å². The van der Waals surface area contributed by atoms with Gasteiger partial charge in [-0.2, -0.15) is 4.31 Å². The van der Waals surface area contributed by atoms with Crippen molar-refractivity contribution in [2.75, 3.05) is 19.0 Å². The van der Waals surface area contributed by atoms with Crippen LogP contribution >= 0.6 is 0 Å². The Morgan fingerprint density at radius 1 is 1.29 bits per heavy atom. The summed E-state index contributed by atoms with van der Waals surface area (Å²) in [7, 11) is -3.08. The summed E-state index contributed by atoms with van der Waals surface area (Å²) in [5, 5.41) is 0. The molecule has 0 amide bonds. The molecule has 1 saturated heterocycles. The fraction of sp³-hybridized carbons (Fsp3) is 1.00. The smallest absolute Gasteiger partial charge is 0.214 e. The first-order chi connectivity index (χ1) is 6.49. The van der Waals surface area contributed by atoms with Gasteiger partial charge in [0.2, 0.25) is 10.0 Å². The Morgan fingerprint density at radius 3 is 2.21 bits per heavy atom. The van der Waals surface area contributed by atoms with Crippen molar-refractivity contribution < 1.29 is 13.2 Å². The topological polar surface area (TPSA) is 46.6 Å². The zero-order valence-corrected chi connectivity index (χ0v) is 9.88.